The molecule has 1 N–H and O–H groups in total. The van der Waals surface area contributed by atoms with Crippen LogP contribution < -0.4 is 10.2 Å². The number of rotatable bonds is 7. The van der Waals surface area contributed by atoms with E-state index < -0.39 is 16.8 Å². The highest BCUT2D eigenvalue weighted by molar-refractivity contribution is 5.95. The lowest BCUT2D eigenvalue weighted by molar-refractivity contribution is -0.384. The van der Waals surface area contributed by atoms with Crippen LogP contribution in [0.15, 0.2) is 90.0 Å². The lowest BCUT2D eigenvalue weighted by Gasteiger charge is -2.02. The van der Waals surface area contributed by atoms with Gasteiger partial charge in [-0.15, -0.1) is 0 Å². The number of amides is 1. The molecule has 31 heavy (non-hydrogen) atoms. The lowest BCUT2D eigenvalue weighted by Crippen LogP contribution is -2.17. The van der Waals surface area contributed by atoms with Gasteiger partial charge in [-0.05, 0) is 53.6 Å². The summed E-state index contributed by atoms with van der Waals surface area (Å²) in [5.41, 5.74) is 4.05. The Hall–Kier alpha value is -4.59. The molecule has 1 amide bonds. The summed E-state index contributed by atoms with van der Waals surface area (Å²) < 4.78 is 5.23. The van der Waals surface area contributed by atoms with Gasteiger partial charge in [0.05, 0.1) is 11.1 Å². The van der Waals surface area contributed by atoms with Crippen molar-refractivity contribution >= 4 is 29.9 Å². The van der Waals surface area contributed by atoms with Gasteiger partial charge in [-0.2, -0.15) is 5.10 Å². The molecule has 0 heterocycles. The minimum Gasteiger partial charge on any atom is -0.423 e. The van der Waals surface area contributed by atoms with Gasteiger partial charge in [0.15, 0.2) is 0 Å². The first-order valence-corrected chi connectivity index (χ1v) is 9.14. The highest BCUT2D eigenvalue weighted by atomic mass is 16.6. The highest BCUT2D eigenvalue weighted by Gasteiger charge is 2.08. The summed E-state index contributed by atoms with van der Waals surface area (Å²) in [6, 6.07) is 21.1. The second-order valence-electron chi connectivity index (χ2n) is 6.24. The summed E-state index contributed by atoms with van der Waals surface area (Å²) in [6.45, 7) is 0. The van der Waals surface area contributed by atoms with Crippen molar-refractivity contribution in [2.24, 2.45) is 5.10 Å². The van der Waals surface area contributed by atoms with Crippen molar-refractivity contribution < 1.29 is 19.2 Å². The Labute approximate surface area is 177 Å². The fourth-order valence-electron chi connectivity index (χ4n) is 2.47. The number of ether oxygens (including phenoxy) is 1. The van der Waals surface area contributed by atoms with E-state index >= 15 is 0 Å². The molecule has 0 spiro atoms. The zero-order valence-corrected chi connectivity index (χ0v) is 16.2. The topological polar surface area (TPSA) is 111 Å². The van der Waals surface area contributed by atoms with Crippen molar-refractivity contribution in [2.45, 2.75) is 0 Å². The standard InChI is InChI=1S/C23H17N3O5/c27-22(15-8-17-4-2-1-3-5-17)31-21-13-6-18(7-14-21)16-24-25-23(28)19-9-11-20(12-10-19)26(29)30/h1-16H,(H,25,28)/b15-8+,24-16+. The van der Waals surface area contributed by atoms with Crippen LogP contribution in [0.5, 0.6) is 5.75 Å². The van der Waals surface area contributed by atoms with Gasteiger partial charge >= 0.3 is 5.97 Å². The second-order valence-corrected chi connectivity index (χ2v) is 6.24. The number of benzene rings is 3. The van der Waals surface area contributed by atoms with Crippen LogP contribution in [0, 0.1) is 10.1 Å². The Morgan fingerprint density at radius 3 is 2.23 bits per heavy atom. The predicted molar refractivity (Wildman–Crippen MR) is 116 cm³/mol. The molecule has 0 aromatic heterocycles. The van der Waals surface area contributed by atoms with E-state index in [1.165, 1.54) is 36.6 Å². The van der Waals surface area contributed by atoms with Gasteiger partial charge in [0.25, 0.3) is 11.6 Å². The summed E-state index contributed by atoms with van der Waals surface area (Å²) in [5, 5.41) is 14.5. The number of esters is 1. The Bertz CT molecular complexity index is 1120. The van der Waals surface area contributed by atoms with Crippen molar-refractivity contribution in [3.05, 3.63) is 112 Å². The lowest BCUT2D eigenvalue weighted by atomic mass is 10.2. The van der Waals surface area contributed by atoms with E-state index in [1.54, 1.807) is 30.3 Å². The number of carbonyl (C=O) groups excluding carboxylic acids is 2. The SMILES string of the molecule is O=C(/C=C/c1ccccc1)Oc1ccc(/C=N/NC(=O)c2ccc([N+](=O)[O-])cc2)cc1. The second kappa shape index (κ2) is 10.3. The predicted octanol–water partition coefficient (Wildman–Crippen LogP) is 3.98. The molecule has 3 aromatic rings. The molecule has 0 fully saturated rings. The quantitative estimate of drug-likeness (QED) is 0.157. The van der Waals surface area contributed by atoms with Crippen LogP contribution >= 0.6 is 0 Å². The Kier molecular flexibility index (Phi) is 6.99. The number of nitrogens with zero attached hydrogens (tertiary/aromatic N) is 2. The van der Waals surface area contributed by atoms with Crippen LogP contribution in [-0.2, 0) is 4.79 Å². The van der Waals surface area contributed by atoms with Gasteiger partial charge in [-0.3, -0.25) is 14.9 Å². The van der Waals surface area contributed by atoms with Crippen molar-refractivity contribution in [1.29, 1.82) is 0 Å². The van der Waals surface area contributed by atoms with Crippen LogP contribution in [0.25, 0.3) is 6.08 Å². The van der Waals surface area contributed by atoms with E-state index in [0.29, 0.717) is 11.3 Å². The fraction of sp³-hybridized carbons (Fsp3) is 0. The first-order valence-electron chi connectivity index (χ1n) is 9.14. The third-order valence-electron chi connectivity index (χ3n) is 4.03. The van der Waals surface area contributed by atoms with E-state index in [1.807, 2.05) is 30.3 Å². The Morgan fingerprint density at radius 2 is 1.58 bits per heavy atom. The van der Waals surface area contributed by atoms with Gasteiger partial charge in [0, 0.05) is 23.8 Å². The molecule has 0 saturated carbocycles. The van der Waals surface area contributed by atoms with Crippen molar-refractivity contribution in [2.75, 3.05) is 0 Å². The summed E-state index contributed by atoms with van der Waals surface area (Å²) in [7, 11) is 0. The third kappa shape index (κ3) is 6.47. The van der Waals surface area contributed by atoms with Crippen LogP contribution in [0.3, 0.4) is 0 Å². The summed E-state index contributed by atoms with van der Waals surface area (Å²) >= 11 is 0. The molecule has 0 aliphatic carbocycles. The van der Waals surface area contributed by atoms with E-state index in [9.17, 15) is 19.7 Å². The molecule has 8 nitrogen and oxygen atoms in total. The molecule has 3 aromatic carbocycles. The Morgan fingerprint density at radius 1 is 0.903 bits per heavy atom. The summed E-state index contributed by atoms with van der Waals surface area (Å²) in [6.07, 6.45) is 4.43. The summed E-state index contributed by atoms with van der Waals surface area (Å²) in [4.78, 5) is 34.0. The highest BCUT2D eigenvalue weighted by Crippen LogP contribution is 2.13. The van der Waals surface area contributed by atoms with E-state index in [0.717, 1.165) is 5.56 Å². The minimum atomic E-state index is -0.541. The zero-order chi connectivity index (χ0) is 22.1. The largest absolute Gasteiger partial charge is 0.423 e. The zero-order valence-electron chi connectivity index (χ0n) is 16.2. The molecule has 0 radical (unpaired) electrons. The fourth-order valence-corrected chi connectivity index (χ4v) is 2.47. The van der Waals surface area contributed by atoms with Crippen molar-refractivity contribution in [1.82, 2.24) is 5.43 Å². The number of hydrazone groups is 1. The number of nitrogens with one attached hydrogen (secondary N) is 1. The number of non-ortho nitro benzene ring substituents is 1. The van der Waals surface area contributed by atoms with Crippen LogP contribution in [0.2, 0.25) is 0 Å². The molecule has 0 atom stereocenters. The Balaban J connectivity index is 1.51. The maximum atomic E-state index is 12.0. The molecule has 154 valence electrons. The number of hydrogen-bond acceptors (Lipinski definition) is 6. The van der Waals surface area contributed by atoms with Gasteiger partial charge in [-0.1, -0.05) is 30.3 Å². The van der Waals surface area contributed by atoms with Crippen LogP contribution in [0.4, 0.5) is 5.69 Å². The number of hydrogen-bond donors (Lipinski definition) is 1. The molecule has 0 aliphatic heterocycles. The molecule has 8 heteroatoms. The molecular weight excluding hydrogens is 398 g/mol. The average Bonchev–Trinajstić information content (AvgIpc) is 2.79. The molecule has 0 aliphatic rings. The number of carbonyl (C=O) groups is 2. The summed E-state index contributed by atoms with van der Waals surface area (Å²) in [5.74, 6) is -0.627. The van der Waals surface area contributed by atoms with Gasteiger partial charge < -0.3 is 4.74 Å². The number of nitro groups is 1. The minimum absolute atomic E-state index is 0.101. The first-order chi connectivity index (χ1) is 15.0. The first kappa shape index (κ1) is 21.1. The maximum Gasteiger partial charge on any atom is 0.336 e. The van der Waals surface area contributed by atoms with Gasteiger partial charge in [-0.25, -0.2) is 10.2 Å². The maximum absolute atomic E-state index is 12.0. The van der Waals surface area contributed by atoms with E-state index in [4.69, 9.17) is 4.74 Å². The van der Waals surface area contributed by atoms with Crippen LogP contribution in [0.1, 0.15) is 21.5 Å². The molecule has 0 bridgehead atoms. The average molecular weight is 415 g/mol. The van der Waals surface area contributed by atoms with Crippen molar-refractivity contribution in [3.63, 3.8) is 0 Å². The molecular formula is C23H17N3O5. The molecule has 0 unspecified atom stereocenters. The monoisotopic (exact) mass is 415 g/mol. The van der Waals surface area contributed by atoms with E-state index in [-0.39, 0.29) is 11.3 Å². The smallest absolute Gasteiger partial charge is 0.336 e. The van der Waals surface area contributed by atoms with E-state index in [2.05, 4.69) is 10.5 Å². The van der Waals surface area contributed by atoms with Crippen LogP contribution in [-0.4, -0.2) is 23.0 Å². The third-order valence-corrected chi connectivity index (χ3v) is 4.03. The molecule has 0 saturated heterocycles. The van der Waals surface area contributed by atoms with Gasteiger partial charge in [0.2, 0.25) is 0 Å². The number of nitro benzene ring substituents is 1. The van der Waals surface area contributed by atoms with Gasteiger partial charge in [0.1, 0.15) is 5.75 Å². The normalized spacial score (nSPS) is 10.8. The molecule has 3 rings (SSSR count). The van der Waals surface area contributed by atoms with Crippen molar-refractivity contribution in [3.8, 4) is 5.75 Å².